The first-order chi connectivity index (χ1) is 13.1. The standard InChI is InChI=1S/C21H22N2O3S/c1-26-21-12-11-17(15-18(21)19-9-5-13-22-19)27(24,25)23-14-6-10-20(23)16-7-3-2-4-8-16/h2-5,7-9,11-13,15,20,22H,6,10,14H2,1H3. The first-order valence-electron chi connectivity index (χ1n) is 9.00. The lowest BCUT2D eigenvalue weighted by molar-refractivity contribution is 0.396. The molecule has 6 heteroatoms. The third kappa shape index (κ3) is 3.26. The molecule has 4 rings (SSSR count). The fraction of sp³-hybridized carbons (Fsp3) is 0.238. The van der Waals surface area contributed by atoms with Crippen molar-refractivity contribution < 1.29 is 13.2 Å². The quantitative estimate of drug-likeness (QED) is 0.719. The Hall–Kier alpha value is -2.57. The summed E-state index contributed by atoms with van der Waals surface area (Å²) >= 11 is 0. The molecular weight excluding hydrogens is 360 g/mol. The number of rotatable bonds is 5. The van der Waals surface area contributed by atoms with E-state index in [4.69, 9.17) is 4.74 Å². The minimum atomic E-state index is -3.61. The summed E-state index contributed by atoms with van der Waals surface area (Å²) in [6.45, 7) is 0.533. The average molecular weight is 382 g/mol. The van der Waals surface area contributed by atoms with Gasteiger partial charge in [0.25, 0.3) is 0 Å². The molecule has 1 N–H and O–H groups in total. The van der Waals surface area contributed by atoms with Gasteiger partial charge in [0.05, 0.1) is 18.0 Å². The zero-order chi connectivity index (χ0) is 18.9. The van der Waals surface area contributed by atoms with Gasteiger partial charge in [0.2, 0.25) is 10.0 Å². The monoisotopic (exact) mass is 382 g/mol. The molecule has 140 valence electrons. The first kappa shape index (κ1) is 17.8. The summed E-state index contributed by atoms with van der Waals surface area (Å²) in [5.74, 6) is 0.637. The van der Waals surface area contributed by atoms with Crippen molar-refractivity contribution in [2.75, 3.05) is 13.7 Å². The Morgan fingerprint density at radius 1 is 1.07 bits per heavy atom. The number of benzene rings is 2. The molecule has 5 nitrogen and oxygen atoms in total. The Bertz CT molecular complexity index is 1010. The van der Waals surface area contributed by atoms with Crippen molar-refractivity contribution in [2.24, 2.45) is 0 Å². The molecule has 1 unspecified atom stereocenters. The van der Waals surface area contributed by atoms with Crippen molar-refractivity contribution in [2.45, 2.75) is 23.8 Å². The fourth-order valence-electron chi connectivity index (χ4n) is 3.73. The van der Waals surface area contributed by atoms with E-state index in [1.54, 1.807) is 29.6 Å². The van der Waals surface area contributed by atoms with Crippen LogP contribution in [0.15, 0.2) is 71.8 Å². The summed E-state index contributed by atoms with van der Waals surface area (Å²) in [4.78, 5) is 3.41. The molecule has 3 aromatic rings. The number of H-pyrrole nitrogens is 1. The van der Waals surface area contributed by atoms with E-state index in [-0.39, 0.29) is 10.9 Å². The predicted octanol–water partition coefficient (Wildman–Crippen LogP) is 4.22. The molecule has 0 amide bonds. The Kier molecular flexibility index (Phi) is 4.76. The number of nitrogens with one attached hydrogen (secondary N) is 1. The average Bonchev–Trinajstić information content (AvgIpc) is 3.40. The van der Waals surface area contributed by atoms with Crippen LogP contribution in [0.2, 0.25) is 0 Å². The molecule has 0 bridgehead atoms. The third-order valence-corrected chi connectivity index (χ3v) is 6.96. The van der Waals surface area contributed by atoms with Gasteiger partial charge in [0.15, 0.2) is 0 Å². The van der Waals surface area contributed by atoms with Gasteiger partial charge in [-0.25, -0.2) is 8.42 Å². The van der Waals surface area contributed by atoms with Crippen LogP contribution >= 0.6 is 0 Å². The normalized spacial score (nSPS) is 17.9. The minimum absolute atomic E-state index is 0.118. The van der Waals surface area contributed by atoms with E-state index >= 15 is 0 Å². The molecule has 1 aliphatic heterocycles. The number of methoxy groups -OCH3 is 1. The second kappa shape index (κ2) is 7.21. The molecule has 27 heavy (non-hydrogen) atoms. The summed E-state index contributed by atoms with van der Waals surface area (Å²) in [6, 6.07) is 18.5. The molecule has 1 aliphatic rings. The number of nitrogens with zero attached hydrogens (tertiary/aromatic N) is 1. The van der Waals surface area contributed by atoms with Gasteiger partial charge in [-0.3, -0.25) is 0 Å². The number of sulfonamides is 1. The highest BCUT2D eigenvalue weighted by Gasteiger charge is 2.36. The van der Waals surface area contributed by atoms with Crippen molar-refractivity contribution in [3.05, 3.63) is 72.4 Å². The Labute approximate surface area is 159 Å². The molecule has 1 saturated heterocycles. The Morgan fingerprint density at radius 2 is 1.89 bits per heavy atom. The van der Waals surface area contributed by atoms with Gasteiger partial charge in [-0.1, -0.05) is 30.3 Å². The summed E-state index contributed by atoms with van der Waals surface area (Å²) < 4.78 is 33.9. The van der Waals surface area contributed by atoms with Crippen molar-refractivity contribution in [1.82, 2.24) is 9.29 Å². The van der Waals surface area contributed by atoms with E-state index in [0.717, 1.165) is 29.7 Å². The highest BCUT2D eigenvalue weighted by atomic mass is 32.2. The van der Waals surface area contributed by atoms with E-state index < -0.39 is 10.0 Å². The van der Waals surface area contributed by atoms with Crippen LogP contribution in [-0.4, -0.2) is 31.4 Å². The summed E-state index contributed by atoms with van der Waals surface area (Å²) in [5.41, 5.74) is 2.60. The summed E-state index contributed by atoms with van der Waals surface area (Å²) in [6.07, 6.45) is 3.50. The lowest BCUT2D eigenvalue weighted by Crippen LogP contribution is -2.30. The SMILES string of the molecule is COc1ccc(S(=O)(=O)N2CCCC2c2ccccc2)cc1-c1ccc[nH]1. The maximum atomic E-state index is 13.4. The van der Waals surface area contributed by atoms with Crippen LogP contribution in [0.25, 0.3) is 11.3 Å². The molecule has 2 heterocycles. The molecular formula is C21H22N2O3S. The van der Waals surface area contributed by atoms with Crippen molar-refractivity contribution in [3.63, 3.8) is 0 Å². The molecule has 0 spiro atoms. The molecule has 1 aromatic heterocycles. The van der Waals surface area contributed by atoms with Crippen LogP contribution in [-0.2, 0) is 10.0 Å². The summed E-state index contributed by atoms with van der Waals surface area (Å²) in [5, 5.41) is 0. The Balaban J connectivity index is 1.75. The Morgan fingerprint density at radius 3 is 2.59 bits per heavy atom. The molecule has 0 aliphatic carbocycles. The second-order valence-corrected chi connectivity index (χ2v) is 8.52. The first-order valence-corrected chi connectivity index (χ1v) is 10.4. The number of ether oxygens (including phenoxy) is 1. The second-order valence-electron chi connectivity index (χ2n) is 6.63. The van der Waals surface area contributed by atoms with Gasteiger partial charge in [0.1, 0.15) is 5.75 Å². The van der Waals surface area contributed by atoms with E-state index in [9.17, 15) is 8.42 Å². The van der Waals surface area contributed by atoms with E-state index in [0.29, 0.717) is 12.3 Å². The van der Waals surface area contributed by atoms with E-state index in [2.05, 4.69) is 4.98 Å². The molecule has 1 atom stereocenters. The van der Waals surface area contributed by atoms with Crippen molar-refractivity contribution in [1.29, 1.82) is 0 Å². The number of aromatic amines is 1. The van der Waals surface area contributed by atoms with E-state index in [1.807, 2.05) is 48.7 Å². The van der Waals surface area contributed by atoms with Gasteiger partial charge < -0.3 is 9.72 Å². The fourth-order valence-corrected chi connectivity index (χ4v) is 5.44. The van der Waals surface area contributed by atoms with Crippen LogP contribution in [0.3, 0.4) is 0 Å². The van der Waals surface area contributed by atoms with Crippen molar-refractivity contribution >= 4 is 10.0 Å². The van der Waals surface area contributed by atoms with Crippen LogP contribution < -0.4 is 4.74 Å². The van der Waals surface area contributed by atoms with Crippen LogP contribution in [0, 0.1) is 0 Å². The predicted molar refractivity (Wildman–Crippen MR) is 105 cm³/mol. The smallest absolute Gasteiger partial charge is 0.243 e. The zero-order valence-corrected chi connectivity index (χ0v) is 15.9. The largest absolute Gasteiger partial charge is 0.496 e. The van der Waals surface area contributed by atoms with Crippen LogP contribution in [0.4, 0.5) is 0 Å². The maximum absolute atomic E-state index is 13.4. The highest BCUT2D eigenvalue weighted by molar-refractivity contribution is 7.89. The van der Waals surface area contributed by atoms with Crippen LogP contribution in [0.1, 0.15) is 24.4 Å². The van der Waals surface area contributed by atoms with Gasteiger partial charge in [-0.15, -0.1) is 0 Å². The summed E-state index contributed by atoms with van der Waals surface area (Å²) in [7, 11) is -2.03. The van der Waals surface area contributed by atoms with Crippen LogP contribution in [0.5, 0.6) is 5.75 Å². The van der Waals surface area contributed by atoms with Crippen molar-refractivity contribution in [3.8, 4) is 17.0 Å². The third-order valence-electron chi connectivity index (χ3n) is 5.05. The molecule has 2 aromatic carbocycles. The highest BCUT2D eigenvalue weighted by Crippen LogP contribution is 2.38. The topological polar surface area (TPSA) is 62.4 Å². The van der Waals surface area contributed by atoms with Gasteiger partial charge in [-0.2, -0.15) is 4.31 Å². The minimum Gasteiger partial charge on any atom is -0.496 e. The van der Waals surface area contributed by atoms with Gasteiger partial charge >= 0.3 is 0 Å². The number of hydrogen-bond acceptors (Lipinski definition) is 3. The lowest BCUT2D eigenvalue weighted by Gasteiger charge is -2.25. The van der Waals surface area contributed by atoms with Gasteiger partial charge in [-0.05, 0) is 48.7 Å². The lowest BCUT2D eigenvalue weighted by atomic mass is 10.1. The molecule has 1 fully saturated rings. The number of hydrogen-bond donors (Lipinski definition) is 1. The maximum Gasteiger partial charge on any atom is 0.243 e. The zero-order valence-electron chi connectivity index (χ0n) is 15.1. The molecule has 0 saturated carbocycles. The number of aromatic nitrogens is 1. The molecule has 0 radical (unpaired) electrons. The van der Waals surface area contributed by atoms with Gasteiger partial charge in [0, 0.05) is 24.0 Å². The van der Waals surface area contributed by atoms with E-state index in [1.165, 1.54) is 0 Å².